The smallest absolute Gasteiger partial charge is 0.0570 e. The van der Waals surface area contributed by atoms with E-state index >= 15 is 0 Å². The SMILES string of the molecule is [S]CC(Cl)CCl. The van der Waals surface area contributed by atoms with E-state index in [1.54, 1.807) is 0 Å². The number of rotatable bonds is 2. The largest absolute Gasteiger partial charge is 0.125 e. The van der Waals surface area contributed by atoms with Crippen molar-refractivity contribution in [2.45, 2.75) is 5.38 Å². The molecule has 0 aromatic heterocycles. The van der Waals surface area contributed by atoms with Gasteiger partial charge in [0, 0.05) is 11.6 Å². The van der Waals surface area contributed by atoms with E-state index in [2.05, 4.69) is 12.6 Å². The summed E-state index contributed by atoms with van der Waals surface area (Å²) in [5.41, 5.74) is 0. The predicted molar refractivity (Wildman–Crippen MR) is 32.8 cm³/mol. The molecule has 0 nitrogen and oxygen atoms in total. The van der Waals surface area contributed by atoms with Gasteiger partial charge in [-0.05, 0) is 0 Å². The van der Waals surface area contributed by atoms with Gasteiger partial charge in [-0.3, -0.25) is 0 Å². The number of alkyl halides is 2. The second-order valence-corrected chi connectivity index (χ2v) is 2.18. The molecule has 0 fully saturated rings. The summed E-state index contributed by atoms with van der Waals surface area (Å²) in [4.78, 5) is 0. The van der Waals surface area contributed by atoms with Gasteiger partial charge in [0.15, 0.2) is 0 Å². The first-order valence-electron chi connectivity index (χ1n) is 1.59. The zero-order valence-corrected chi connectivity index (χ0v) is 5.48. The Morgan fingerprint density at radius 2 is 2.17 bits per heavy atom. The van der Waals surface area contributed by atoms with Crippen LogP contribution in [-0.4, -0.2) is 17.0 Å². The van der Waals surface area contributed by atoms with Crippen LogP contribution < -0.4 is 0 Å². The van der Waals surface area contributed by atoms with Gasteiger partial charge in [-0.1, -0.05) is 12.6 Å². The second kappa shape index (κ2) is 4.10. The fourth-order valence-corrected chi connectivity index (χ4v) is 0.401. The third-order valence-corrected chi connectivity index (χ3v) is 1.77. The second-order valence-electron chi connectivity index (χ2n) is 0.918. The van der Waals surface area contributed by atoms with Gasteiger partial charge in [0.25, 0.3) is 0 Å². The van der Waals surface area contributed by atoms with E-state index in [-0.39, 0.29) is 5.38 Å². The zero-order chi connectivity index (χ0) is 4.99. The third kappa shape index (κ3) is 3.13. The summed E-state index contributed by atoms with van der Waals surface area (Å²) >= 11 is 15.2. The molecule has 0 N–H and O–H groups in total. The Labute approximate surface area is 53.2 Å². The molecule has 0 spiro atoms. The molecule has 0 aliphatic carbocycles. The van der Waals surface area contributed by atoms with Crippen LogP contribution in [0.4, 0.5) is 0 Å². The lowest BCUT2D eigenvalue weighted by molar-refractivity contribution is 1.13. The maximum Gasteiger partial charge on any atom is 0.0570 e. The van der Waals surface area contributed by atoms with Crippen LogP contribution in [0.3, 0.4) is 0 Å². The highest BCUT2D eigenvalue weighted by molar-refractivity contribution is 7.80. The van der Waals surface area contributed by atoms with Crippen molar-refractivity contribution < 1.29 is 0 Å². The Hall–Kier alpha value is 0.930. The van der Waals surface area contributed by atoms with Gasteiger partial charge in [-0.2, -0.15) is 0 Å². The Balaban J connectivity index is 2.75. The van der Waals surface area contributed by atoms with Gasteiger partial charge in [0.05, 0.1) is 5.38 Å². The zero-order valence-electron chi connectivity index (χ0n) is 3.16. The summed E-state index contributed by atoms with van der Waals surface area (Å²) in [7, 11) is 0. The van der Waals surface area contributed by atoms with Gasteiger partial charge in [-0.15, -0.1) is 23.2 Å². The lowest BCUT2D eigenvalue weighted by Gasteiger charge is -1.92. The Morgan fingerprint density at radius 1 is 1.67 bits per heavy atom. The predicted octanol–water partition coefficient (Wildman–Crippen LogP) is 2.03. The number of halogens is 2. The van der Waals surface area contributed by atoms with E-state index < -0.39 is 0 Å². The molecule has 0 heterocycles. The van der Waals surface area contributed by atoms with Crippen molar-refractivity contribution in [3.8, 4) is 0 Å². The number of hydrogen-bond acceptors (Lipinski definition) is 0. The fourth-order valence-electron chi connectivity index (χ4n) is 0.0445. The molecule has 0 saturated heterocycles. The van der Waals surface area contributed by atoms with Crippen molar-refractivity contribution >= 4 is 35.8 Å². The van der Waals surface area contributed by atoms with E-state index in [0.717, 1.165) is 0 Å². The van der Waals surface area contributed by atoms with Crippen LogP contribution in [-0.2, 0) is 0 Å². The van der Waals surface area contributed by atoms with Crippen LogP contribution in [0, 0.1) is 0 Å². The van der Waals surface area contributed by atoms with Gasteiger partial charge < -0.3 is 0 Å². The summed E-state index contributed by atoms with van der Waals surface area (Å²) in [5.74, 6) is 1.01. The molecule has 3 heteroatoms. The summed E-state index contributed by atoms with van der Waals surface area (Å²) in [6, 6.07) is 0. The minimum Gasteiger partial charge on any atom is -0.125 e. The molecule has 0 aromatic rings. The normalized spacial score (nSPS) is 14.5. The molecule has 0 amide bonds. The Morgan fingerprint density at radius 3 is 2.17 bits per heavy atom. The van der Waals surface area contributed by atoms with E-state index in [1.807, 2.05) is 0 Å². The maximum absolute atomic E-state index is 5.41. The molecule has 1 atom stereocenters. The van der Waals surface area contributed by atoms with Crippen molar-refractivity contribution in [2.75, 3.05) is 11.6 Å². The molecular formula is C3H5Cl2S. The highest BCUT2D eigenvalue weighted by atomic mass is 35.5. The fraction of sp³-hybridized carbons (Fsp3) is 1.00. The standard InChI is InChI=1S/C3H5Cl2S/c4-1-3(5)2-6/h3H,1-2H2. The lowest BCUT2D eigenvalue weighted by atomic mass is 10.6. The molecule has 37 valence electrons. The molecular weight excluding hydrogens is 139 g/mol. The van der Waals surface area contributed by atoms with Crippen molar-refractivity contribution in [2.24, 2.45) is 0 Å². The Bertz CT molecular complexity index is 28.0. The first kappa shape index (κ1) is 6.93. The van der Waals surface area contributed by atoms with Crippen molar-refractivity contribution in [3.05, 3.63) is 0 Å². The van der Waals surface area contributed by atoms with Gasteiger partial charge >= 0.3 is 0 Å². The molecule has 0 aliphatic rings. The monoisotopic (exact) mass is 143 g/mol. The van der Waals surface area contributed by atoms with Gasteiger partial charge in [0.2, 0.25) is 0 Å². The molecule has 6 heavy (non-hydrogen) atoms. The topological polar surface area (TPSA) is 0 Å². The van der Waals surface area contributed by atoms with E-state index in [0.29, 0.717) is 11.6 Å². The van der Waals surface area contributed by atoms with Crippen molar-refractivity contribution in [1.29, 1.82) is 0 Å². The van der Waals surface area contributed by atoms with Gasteiger partial charge in [0.1, 0.15) is 0 Å². The summed E-state index contributed by atoms with van der Waals surface area (Å²) in [6.07, 6.45) is 0. The van der Waals surface area contributed by atoms with Crippen LogP contribution >= 0.6 is 35.8 Å². The molecule has 1 unspecified atom stereocenters. The molecule has 0 aliphatic heterocycles. The van der Waals surface area contributed by atoms with Crippen LogP contribution in [0.5, 0.6) is 0 Å². The van der Waals surface area contributed by atoms with E-state index in [9.17, 15) is 0 Å². The van der Waals surface area contributed by atoms with Crippen LogP contribution in [0.15, 0.2) is 0 Å². The quantitative estimate of drug-likeness (QED) is 0.520. The summed E-state index contributed by atoms with van der Waals surface area (Å²) < 4.78 is 0. The Kier molecular flexibility index (Phi) is 4.73. The minimum atomic E-state index is -0.0123. The molecule has 1 radical (unpaired) electrons. The third-order valence-electron chi connectivity index (χ3n) is 0.348. The van der Waals surface area contributed by atoms with Gasteiger partial charge in [-0.25, -0.2) is 0 Å². The van der Waals surface area contributed by atoms with Crippen molar-refractivity contribution in [3.63, 3.8) is 0 Å². The molecule has 0 rings (SSSR count). The van der Waals surface area contributed by atoms with E-state index in [4.69, 9.17) is 23.2 Å². The minimum absolute atomic E-state index is 0.0123. The van der Waals surface area contributed by atoms with Crippen LogP contribution in [0.25, 0.3) is 0 Å². The van der Waals surface area contributed by atoms with Crippen molar-refractivity contribution in [1.82, 2.24) is 0 Å². The first-order valence-corrected chi connectivity index (χ1v) is 3.14. The summed E-state index contributed by atoms with van der Waals surface area (Å²) in [5, 5.41) is -0.0123. The molecule has 0 aromatic carbocycles. The molecule has 0 bridgehead atoms. The number of hydrogen-bond donors (Lipinski definition) is 0. The summed E-state index contributed by atoms with van der Waals surface area (Å²) in [6.45, 7) is 0. The first-order chi connectivity index (χ1) is 2.81. The van der Waals surface area contributed by atoms with Crippen LogP contribution in [0.2, 0.25) is 0 Å². The maximum atomic E-state index is 5.41. The highest BCUT2D eigenvalue weighted by Crippen LogP contribution is 1.98. The van der Waals surface area contributed by atoms with E-state index in [1.165, 1.54) is 0 Å². The lowest BCUT2D eigenvalue weighted by Crippen LogP contribution is -1.99. The average Bonchev–Trinajstić information content (AvgIpc) is 1.65. The average molecular weight is 144 g/mol. The molecule has 0 saturated carbocycles. The highest BCUT2D eigenvalue weighted by Gasteiger charge is 1.95. The van der Waals surface area contributed by atoms with Crippen LogP contribution in [0.1, 0.15) is 0 Å².